The van der Waals surface area contributed by atoms with Crippen LogP contribution in [0.5, 0.6) is 0 Å². The minimum absolute atomic E-state index is 0. The smallest absolute Gasteiger partial charge is 2.00 e. The molecule has 7 heavy (non-hydrogen) atoms. The number of carbonyl (C=O) groups excluding carboxylic acids is 1. The maximum atomic E-state index is 8.33. The van der Waals surface area contributed by atoms with Gasteiger partial charge in [0.15, 0.2) is 0 Å². The van der Waals surface area contributed by atoms with Crippen molar-refractivity contribution in [3.05, 3.63) is 0 Å². The predicted octanol–water partition coefficient (Wildman–Crippen LogP) is -2.57. The molecule has 46 valence electrons. The van der Waals surface area contributed by atoms with Gasteiger partial charge in [0.25, 0.3) is 0 Å². The molecule has 0 aromatic carbocycles. The van der Waals surface area contributed by atoms with Gasteiger partial charge in [-0.3, -0.25) is 0 Å². The van der Waals surface area contributed by atoms with Crippen molar-refractivity contribution in [2.24, 2.45) is 0 Å². The maximum Gasteiger partial charge on any atom is 2.00 e. The van der Waals surface area contributed by atoms with Gasteiger partial charge < -0.3 is 20.5 Å². The van der Waals surface area contributed by atoms with E-state index in [1.54, 1.807) is 0 Å². The van der Waals surface area contributed by atoms with Crippen LogP contribution >= 0.6 is 0 Å². The Hall–Kier alpha value is 0.243. The zero-order chi connectivity index (χ0) is 3.58. The Bertz CT molecular complexity index is 34.7. The van der Waals surface area contributed by atoms with Crippen molar-refractivity contribution in [2.75, 3.05) is 0 Å². The SMILES string of the molecule is O=C([O-])[O-].[Fe+2].[Ni+2].[O-2]. The molecule has 0 aromatic rings. The molecule has 6 heteroatoms. The Morgan fingerprint density at radius 1 is 1.29 bits per heavy atom. The molecule has 0 spiro atoms. The van der Waals surface area contributed by atoms with Crippen LogP contribution < -0.4 is 10.2 Å². The molecular formula is CFeNiO4. The summed E-state index contributed by atoms with van der Waals surface area (Å²) in [5, 5.41) is 16.7. The fourth-order valence-electron chi connectivity index (χ4n) is 0. The van der Waals surface area contributed by atoms with Crippen molar-refractivity contribution in [3.63, 3.8) is 0 Å². The standard InChI is InChI=1S/CH2O3.Fe.Ni.O/c2-1(3)4;;;/h(H2,2,3,4);;;/q;2*+2;-2/p-2. The molecule has 0 fully saturated rings. The molecule has 0 heterocycles. The van der Waals surface area contributed by atoms with E-state index in [0.717, 1.165) is 0 Å². The van der Waals surface area contributed by atoms with Crippen molar-refractivity contribution < 1.29 is 54.0 Å². The van der Waals surface area contributed by atoms with Gasteiger partial charge in [0.2, 0.25) is 0 Å². The fourth-order valence-corrected chi connectivity index (χ4v) is 0. The normalized spacial score (nSPS) is 3.43. The molecular weight excluding hydrogens is 191 g/mol. The van der Waals surface area contributed by atoms with Crippen LogP contribution in [0.3, 0.4) is 0 Å². The summed E-state index contributed by atoms with van der Waals surface area (Å²) < 4.78 is 0. The van der Waals surface area contributed by atoms with Crippen LogP contribution in [0.15, 0.2) is 0 Å². The minimum Gasteiger partial charge on any atom is -2.00 e. The monoisotopic (exact) mass is 190 g/mol. The molecule has 4 nitrogen and oxygen atoms in total. The van der Waals surface area contributed by atoms with Crippen LogP contribution in [0.4, 0.5) is 4.79 Å². The summed E-state index contributed by atoms with van der Waals surface area (Å²) >= 11 is 0. The number of hydrogen-bond acceptors (Lipinski definition) is 3. The van der Waals surface area contributed by atoms with Gasteiger partial charge in [-0.1, -0.05) is 0 Å². The minimum atomic E-state index is -2.33. The van der Waals surface area contributed by atoms with Gasteiger partial charge in [0, 0.05) is 0 Å². The third-order valence-electron chi connectivity index (χ3n) is 0. The van der Waals surface area contributed by atoms with E-state index in [1.165, 1.54) is 0 Å². The Labute approximate surface area is 60.6 Å². The van der Waals surface area contributed by atoms with Crippen molar-refractivity contribution in [3.8, 4) is 0 Å². The molecule has 0 rings (SSSR count). The molecule has 0 aliphatic rings. The number of carbonyl (C=O) groups is 1. The summed E-state index contributed by atoms with van der Waals surface area (Å²) in [7, 11) is 0. The first-order valence-electron chi connectivity index (χ1n) is 0.612. The molecule has 0 aliphatic carbocycles. The van der Waals surface area contributed by atoms with E-state index < -0.39 is 6.16 Å². The van der Waals surface area contributed by atoms with Gasteiger partial charge in [0.05, 0.1) is 0 Å². The molecule has 0 N–H and O–H groups in total. The quantitative estimate of drug-likeness (QED) is 0.393. The summed E-state index contributed by atoms with van der Waals surface area (Å²) in [5.74, 6) is 0. The fraction of sp³-hybridized carbons (Fsp3) is 0. The molecule has 0 aromatic heterocycles. The van der Waals surface area contributed by atoms with Crippen LogP contribution in [0.25, 0.3) is 0 Å². The van der Waals surface area contributed by atoms with E-state index in [2.05, 4.69) is 0 Å². The molecule has 0 aliphatic heterocycles. The van der Waals surface area contributed by atoms with Crippen molar-refractivity contribution >= 4 is 6.16 Å². The van der Waals surface area contributed by atoms with E-state index in [9.17, 15) is 0 Å². The first-order chi connectivity index (χ1) is 1.73. The van der Waals surface area contributed by atoms with Crippen LogP contribution in [-0.4, -0.2) is 6.16 Å². The van der Waals surface area contributed by atoms with E-state index in [0.29, 0.717) is 0 Å². The molecule has 0 radical (unpaired) electrons. The number of carboxylic acid groups (broad SMARTS) is 2. The Kier molecular flexibility index (Phi) is 62.6. The van der Waals surface area contributed by atoms with Crippen LogP contribution in [0, 0.1) is 0 Å². The molecule has 0 saturated heterocycles. The molecule has 0 amide bonds. The second-order valence-corrected chi connectivity index (χ2v) is 0.250. The Morgan fingerprint density at radius 3 is 1.29 bits per heavy atom. The second kappa shape index (κ2) is 16.3. The van der Waals surface area contributed by atoms with E-state index in [4.69, 9.17) is 15.0 Å². The molecule has 0 unspecified atom stereocenters. The summed E-state index contributed by atoms with van der Waals surface area (Å²) in [5.41, 5.74) is 0. The van der Waals surface area contributed by atoms with E-state index >= 15 is 0 Å². The Morgan fingerprint density at radius 2 is 1.29 bits per heavy atom. The third-order valence-corrected chi connectivity index (χ3v) is 0. The van der Waals surface area contributed by atoms with Gasteiger partial charge in [-0.25, -0.2) is 0 Å². The third kappa shape index (κ3) is 1900. The summed E-state index contributed by atoms with van der Waals surface area (Å²) in [6.45, 7) is 0. The summed E-state index contributed by atoms with van der Waals surface area (Å²) in [4.78, 5) is 8.33. The molecule has 0 atom stereocenters. The Balaban J connectivity index is -0.0000000150. The topological polar surface area (TPSA) is 91.7 Å². The summed E-state index contributed by atoms with van der Waals surface area (Å²) in [6, 6.07) is 0. The average molecular weight is 191 g/mol. The van der Waals surface area contributed by atoms with Crippen LogP contribution in [-0.2, 0) is 39.0 Å². The van der Waals surface area contributed by atoms with Crippen molar-refractivity contribution in [1.82, 2.24) is 0 Å². The van der Waals surface area contributed by atoms with E-state index in [1.807, 2.05) is 0 Å². The zero-order valence-corrected chi connectivity index (χ0v) is 4.89. The zero-order valence-electron chi connectivity index (χ0n) is 2.80. The van der Waals surface area contributed by atoms with Crippen LogP contribution in [0.2, 0.25) is 0 Å². The first kappa shape index (κ1) is 26.8. The average Bonchev–Trinajstić information content (AvgIpc) is 0.811. The van der Waals surface area contributed by atoms with Gasteiger partial charge in [0.1, 0.15) is 0 Å². The molecule has 0 saturated carbocycles. The van der Waals surface area contributed by atoms with Gasteiger partial charge in [-0.2, -0.15) is 0 Å². The first-order valence-corrected chi connectivity index (χ1v) is 0.612. The van der Waals surface area contributed by atoms with Gasteiger partial charge in [-0.15, -0.1) is 0 Å². The van der Waals surface area contributed by atoms with Gasteiger partial charge in [-0.05, 0) is 6.16 Å². The van der Waals surface area contributed by atoms with Crippen molar-refractivity contribution in [1.29, 1.82) is 0 Å². The van der Waals surface area contributed by atoms with Crippen molar-refractivity contribution in [2.45, 2.75) is 0 Å². The molecule has 0 bridgehead atoms. The largest absolute Gasteiger partial charge is 2.00 e. The van der Waals surface area contributed by atoms with E-state index in [-0.39, 0.29) is 39.0 Å². The summed E-state index contributed by atoms with van der Waals surface area (Å²) in [6.07, 6.45) is -2.33. The maximum absolute atomic E-state index is 8.33. The predicted molar refractivity (Wildman–Crippen MR) is 6.08 cm³/mol. The van der Waals surface area contributed by atoms with Gasteiger partial charge >= 0.3 is 33.6 Å². The second-order valence-electron chi connectivity index (χ2n) is 0.250. The van der Waals surface area contributed by atoms with Crippen LogP contribution in [0.1, 0.15) is 0 Å². The number of rotatable bonds is 0. The number of hydrogen-bond donors (Lipinski definition) is 0.